The van der Waals surface area contributed by atoms with Crippen molar-refractivity contribution in [1.82, 2.24) is 9.88 Å². The normalized spacial score (nSPS) is 14.8. The summed E-state index contributed by atoms with van der Waals surface area (Å²) < 4.78 is 0. The Hall–Kier alpha value is -2.90. The van der Waals surface area contributed by atoms with Crippen LogP contribution in [0.15, 0.2) is 54.7 Å². The topological polar surface area (TPSA) is 74.5 Å². The van der Waals surface area contributed by atoms with Gasteiger partial charge < -0.3 is 10.2 Å². The number of halogens is 1. The number of hydrogen-bond acceptors (Lipinski definition) is 6. The van der Waals surface area contributed by atoms with E-state index in [0.29, 0.717) is 5.02 Å². The number of non-ortho nitro benzene ring substituents is 1. The van der Waals surface area contributed by atoms with Crippen molar-refractivity contribution in [2.24, 2.45) is 0 Å². The molecule has 2 heterocycles. The van der Waals surface area contributed by atoms with E-state index in [2.05, 4.69) is 20.1 Å². The van der Waals surface area contributed by atoms with Gasteiger partial charge in [-0.2, -0.15) is 0 Å². The van der Waals surface area contributed by atoms with Crippen LogP contribution >= 0.6 is 11.6 Å². The maximum atomic E-state index is 10.8. The number of hydrogen-bond donors (Lipinski definition) is 1. The molecular weight excluding hydrogens is 402 g/mol. The fraction of sp³-hybridized carbons (Fsp3) is 0.318. The number of nitrogens with one attached hydrogen (secondary N) is 1. The number of fused-ring (bicyclic) bond motifs is 1. The van der Waals surface area contributed by atoms with Crippen molar-refractivity contribution in [3.63, 3.8) is 0 Å². The molecule has 0 aliphatic carbocycles. The molecule has 4 rings (SSSR count). The Morgan fingerprint density at radius 2 is 1.83 bits per heavy atom. The molecule has 0 bridgehead atoms. The number of nitro groups is 1. The molecule has 1 N–H and O–H groups in total. The molecule has 30 heavy (non-hydrogen) atoms. The minimum absolute atomic E-state index is 0.134. The van der Waals surface area contributed by atoms with Crippen molar-refractivity contribution >= 4 is 39.6 Å². The van der Waals surface area contributed by atoms with Crippen LogP contribution in [0.25, 0.3) is 10.9 Å². The van der Waals surface area contributed by atoms with E-state index in [1.165, 1.54) is 0 Å². The molecule has 2 aromatic carbocycles. The highest BCUT2D eigenvalue weighted by atomic mass is 35.5. The average Bonchev–Trinajstić information content (AvgIpc) is 2.77. The second-order valence-electron chi connectivity index (χ2n) is 7.40. The Morgan fingerprint density at radius 1 is 1.07 bits per heavy atom. The fourth-order valence-corrected chi connectivity index (χ4v) is 3.98. The molecule has 3 aromatic rings. The van der Waals surface area contributed by atoms with E-state index in [-0.39, 0.29) is 10.6 Å². The van der Waals surface area contributed by atoms with Gasteiger partial charge in [0.15, 0.2) is 0 Å². The van der Waals surface area contributed by atoms with Crippen LogP contribution < -0.4 is 10.2 Å². The first kappa shape index (κ1) is 20.4. The van der Waals surface area contributed by atoms with Crippen molar-refractivity contribution in [3.05, 3.63) is 69.9 Å². The van der Waals surface area contributed by atoms with Crippen molar-refractivity contribution in [1.29, 1.82) is 0 Å². The lowest BCUT2D eigenvalue weighted by molar-refractivity contribution is -0.384. The molecule has 8 heteroatoms. The molecule has 0 atom stereocenters. The fourth-order valence-electron chi connectivity index (χ4n) is 3.82. The molecule has 1 aromatic heterocycles. The highest BCUT2D eigenvalue weighted by Gasteiger charge is 2.17. The van der Waals surface area contributed by atoms with Crippen LogP contribution in [0.3, 0.4) is 0 Å². The van der Waals surface area contributed by atoms with Crippen LogP contribution in [0.1, 0.15) is 6.42 Å². The monoisotopic (exact) mass is 425 g/mol. The molecule has 0 saturated carbocycles. The van der Waals surface area contributed by atoms with E-state index in [0.717, 1.165) is 68.0 Å². The molecule has 1 aliphatic rings. The van der Waals surface area contributed by atoms with Gasteiger partial charge in [-0.15, -0.1) is 0 Å². The number of pyridine rings is 1. The van der Waals surface area contributed by atoms with Gasteiger partial charge in [0.1, 0.15) is 0 Å². The highest BCUT2D eigenvalue weighted by Crippen LogP contribution is 2.24. The zero-order valence-electron chi connectivity index (χ0n) is 16.6. The summed E-state index contributed by atoms with van der Waals surface area (Å²) in [5.41, 5.74) is 3.16. The number of anilines is 2. The Labute approximate surface area is 180 Å². The summed E-state index contributed by atoms with van der Waals surface area (Å²) in [5, 5.41) is 16.1. The van der Waals surface area contributed by atoms with Crippen LogP contribution in [0.5, 0.6) is 0 Å². The van der Waals surface area contributed by atoms with E-state index in [4.69, 9.17) is 11.6 Å². The number of rotatable bonds is 7. The van der Waals surface area contributed by atoms with Gasteiger partial charge in [-0.05, 0) is 49.4 Å². The lowest BCUT2D eigenvalue weighted by atomic mass is 10.2. The summed E-state index contributed by atoms with van der Waals surface area (Å²) in [7, 11) is 0. The van der Waals surface area contributed by atoms with Crippen LogP contribution in [-0.2, 0) is 0 Å². The standard InChI is InChI=1S/C22H24ClN5O2/c23-17-2-7-20-21(8-10-25-22(20)16-17)24-9-1-11-26-12-14-27(15-13-26)18-3-5-19(6-4-18)28(29)30/h2-8,10,16H,1,9,11-15H2,(H,24,25). The van der Waals surface area contributed by atoms with Gasteiger partial charge in [0.25, 0.3) is 5.69 Å². The van der Waals surface area contributed by atoms with Gasteiger partial charge >= 0.3 is 0 Å². The number of benzene rings is 2. The second kappa shape index (κ2) is 9.28. The first-order valence-electron chi connectivity index (χ1n) is 10.1. The molecule has 0 unspecified atom stereocenters. The summed E-state index contributed by atoms with van der Waals surface area (Å²) in [5.74, 6) is 0. The number of nitrogens with zero attached hydrogens (tertiary/aromatic N) is 4. The Kier molecular flexibility index (Phi) is 6.30. The average molecular weight is 426 g/mol. The zero-order chi connectivity index (χ0) is 20.9. The van der Waals surface area contributed by atoms with Gasteiger partial charge in [0.2, 0.25) is 0 Å². The molecule has 1 saturated heterocycles. The highest BCUT2D eigenvalue weighted by molar-refractivity contribution is 6.31. The zero-order valence-corrected chi connectivity index (χ0v) is 17.4. The molecule has 0 spiro atoms. The van der Waals surface area contributed by atoms with Gasteiger partial charge in [0, 0.05) is 72.8 Å². The van der Waals surface area contributed by atoms with E-state index >= 15 is 0 Å². The number of aromatic nitrogens is 1. The third kappa shape index (κ3) is 4.80. The third-order valence-electron chi connectivity index (χ3n) is 5.47. The van der Waals surface area contributed by atoms with Crippen LogP contribution in [0.4, 0.5) is 17.1 Å². The molecule has 1 aliphatic heterocycles. The lowest BCUT2D eigenvalue weighted by Gasteiger charge is -2.36. The summed E-state index contributed by atoms with van der Waals surface area (Å²) in [4.78, 5) is 19.6. The van der Waals surface area contributed by atoms with Crippen LogP contribution in [0, 0.1) is 10.1 Å². The first-order chi connectivity index (χ1) is 14.6. The molecule has 7 nitrogen and oxygen atoms in total. The second-order valence-corrected chi connectivity index (χ2v) is 7.84. The quantitative estimate of drug-likeness (QED) is 0.343. The van der Waals surface area contributed by atoms with Crippen LogP contribution in [0.2, 0.25) is 5.02 Å². The summed E-state index contributed by atoms with van der Waals surface area (Å²) in [6.45, 7) is 5.78. The third-order valence-corrected chi connectivity index (χ3v) is 5.70. The summed E-state index contributed by atoms with van der Waals surface area (Å²) in [6, 6.07) is 14.6. The Morgan fingerprint density at radius 3 is 2.57 bits per heavy atom. The van der Waals surface area contributed by atoms with Crippen molar-refractivity contribution in [2.75, 3.05) is 49.5 Å². The minimum Gasteiger partial charge on any atom is -0.384 e. The van der Waals surface area contributed by atoms with E-state index in [9.17, 15) is 10.1 Å². The van der Waals surface area contributed by atoms with Gasteiger partial charge in [-0.3, -0.25) is 20.0 Å². The van der Waals surface area contributed by atoms with Crippen molar-refractivity contribution < 1.29 is 4.92 Å². The molecular formula is C22H24ClN5O2. The smallest absolute Gasteiger partial charge is 0.269 e. The lowest BCUT2D eigenvalue weighted by Crippen LogP contribution is -2.46. The van der Waals surface area contributed by atoms with Crippen LogP contribution in [-0.4, -0.2) is 54.1 Å². The molecule has 156 valence electrons. The van der Waals surface area contributed by atoms with Gasteiger partial charge in [-0.1, -0.05) is 11.6 Å². The Balaban J connectivity index is 1.22. The maximum absolute atomic E-state index is 10.8. The summed E-state index contributed by atoms with van der Waals surface area (Å²) in [6.07, 6.45) is 2.85. The minimum atomic E-state index is -0.361. The first-order valence-corrected chi connectivity index (χ1v) is 10.5. The molecule has 0 radical (unpaired) electrons. The number of nitro benzene ring substituents is 1. The van der Waals surface area contributed by atoms with Gasteiger partial charge in [0.05, 0.1) is 10.4 Å². The van der Waals surface area contributed by atoms with Gasteiger partial charge in [-0.25, -0.2) is 0 Å². The summed E-state index contributed by atoms with van der Waals surface area (Å²) >= 11 is 6.06. The predicted molar refractivity (Wildman–Crippen MR) is 122 cm³/mol. The van der Waals surface area contributed by atoms with E-state index < -0.39 is 0 Å². The molecule has 1 fully saturated rings. The Bertz CT molecular complexity index is 1020. The maximum Gasteiger partial charge on any atom is 0.269 e. The van der Waals surface area contributed by atoms with Crippen molar-refractivity contribution in [3.8, 4) is 0 Å². The molecule has 0 amide bonds. The largest absolute Gasteiger partial charge is 0.384 e. The number of piperazine rings is 1. The SMILES string of the molecule is O=[N+]([O-])c1ccc(N2CCN(CCCNc3ccnc4cc(Cl)ccc34)CC2)cc1. The van der Waals surface area contributed by atoms with Crippen molar-refractivity contribution in [2.45, 2.75) is 6.42 Å². The predicted octanol–water partition coefficient (Wildman–Crippen LogP) is 4.42. The van der Waals surface area contributed by atoms with E-state index in [1.807, 2.05) is 36.4 Å². The van der Waals surface area contributed by atoms with E-state index in [1.54, 1.807) is 18.3 Å².